The van der Waals surface area contributed by atoms with E-state index in [9.17, 15) is 13.6 Å². The second-order valence-corrected chi connectivity index (χ2v) is 5.88. The Hall–Kier alpha value is -3.88. The number of hydrogen-bond acceptors (Lipinski definition) is 5. The van der Waals surface area contributed by atoms with Crippen molar-refractivity contribution in [3.05, 3.63) is 66.6 Å². The molecule has 7 nitrogen and oxygen atoms in total. The average molecular weight is 380 g/mol. The first-order valence-corrected chi connectivity index (χ1v) is 8.30. The van der Waals surface area contributed by atoms with E-state index in [4.69, 9.17) is 0 Å². The highest BCUT2D eigenvalue weighted by molar-refractivity contribution is 5.96. The van der Waals surface area contributed by atoms with Crippen LogP contribution in [-0.4, -0.2) is 32.8 Å². The number of carbonyl (C=O) groups is 1. The fourth-order valence-corrected chi connectivity index (χ4v) is 2.82. The Morgan fingerprint density at radius 1 is 1.07 bits per heavy atom. The van der Waals surface area contributed by atoms with E-state index in [2.05, 4.69) is 25.7 Å². The van der Waals surface area contributed by atoms with Gasteiger partial charge in [-0.1, -0.05) is 0 Å². The summed E-state index contributed by atoms with van der Waals surface area (Å²) in [5.41, 5.74) is 2.48. The predicted octanol–water partition coefficient (Wildman–Crippen LogP) is 3.70. The number of benzene rings is 1. The van der Waals surface area contributed by atoms with Crippen LogP contribution in [0.15, 0.2) is 55.0 Å². The molecule has 3 aromatic heterocycles. The van der Waals surface area contributed by atoms with Crippen LogP contribution in [0.5, 0.6) is 0 Å². The highest BCUT2D eigenvalue weighted by Gasteiger charge is 2.15. The Kier molecular flexibility index (Phi) is 4.40. The van der Waals surface area contributed by atoms with Gasteiger partial charge in [-0.05, 0) is 36.4 Å². The summed E-state index contributed by atoms with van der Waals surface area (Å²) < 4.78 is 28.8. The Morgan fingerprint density at radius 2 is 1.89 bits per heavy atom. The zero-order chi connectivity index (χ0) is 19.7. The van der Waals surface area contributed by atoms with Crippen LogP contribution in [0.25, 0.3) is 22.3 Å². The van der Waals surface area contributed by atoms with Gasteiger partial charge in [0, 0.05) is 30.7 Å². The lowest BCUT2D eigenvalue weighted by molar-refractivity contribution is 0.242. The minimum absolute atomic E-state index is 0.0546. The molecule has 3 heterocycles. The van der Waals surface area contributed by atoms with E-state index in [0.717, 1.165) is 18.2 Å². The number of amides is 1. The minimum Gasteiger partial charge on any atom is -0.354 e. The number of rotatable bonds is 3. The van der Waals surface area contributed by atoms with Gasteiger partial charge in [-0.2, -0.15) is 9.78 Å². The van der Waals surface area contributed by atoms with Gasteiger partial charge in [-0.25, -0.2) is 13.6 Å². The van der Waals surface area contributed by atoms with Crippen molar-refractivity contribution in [3.63, 3.8) is 0 Å². The first kappa shape index (κ1) is 17.5. The van der Waals surface area contributed by atoms with Gasteiger partial charge in [0.1, 0.15) is 22.7 Å². The molecule has 0 aliphatic heterocycles. The molecule has 0 saturated carbocycles. The molecule has 2 N–H and O–H groups in total. The molecular formula is C19H14F2N6O. The smallest absolute Gasteiger partial charge is 0.342 e. The monoisotopic (exact) mass is 380 g/mol. The molecule has 0 aliphatic rings. The number of carbonyl (C=O) groups excluding carboxylic acids is 1. The van der Waals surface area contributed by atoms with Crippen LogP contribution in [0.2, 0.25) is 0 Å². The Labute approximate surface area is 158 Å². The van der Waals surface area contributed by atoms with E-state index in [-0.39, 0.29) is 11.3 Å². The summed E-state index contributed by atoms with van der Waals surface area (Å²) in [5, 5.41) is 9.72. The molecule has 0 fully saturated rings. The summed E-state index contributed by atoms with van der Waals surface area (Å²) >= 11 is 0. The van der Waals surface area contributed by atoms with Crippen LogP contribution in [0, 0.1) is 11.6 Å². The fraction of sp³-hybridized carbons (Fsp3) is 0.0526. The largest absolute Gasteiger partial charge is 0.354 e. The van der Waals surface area contributed by atoms with Gasteiger partial charge in [-0.3, -0.25) is 9.97 Å². The van der Waals surface area contributed by atoms with Crippen LogP contribution in [0.4, 0.5) is 25.0 Å². The van der Waals surface area contributed by atoms with E-state index in [1.165, 1.54) is 24.1 Å². The van der Waals surface area contributed by atoms with Gasteiger partial charge in [-0.15, -0.1) is 0 Å². The van der Waals surface area contributed by atoms with Gasteiger partial charge >= 0.3 is 6.03 Å². The molecule has 1 aromatic carbocycles. The standard InChI is InChI=1S/C19H14F2N6O/c1-22-19(28)27-18-15(5-7-24-17(18)10-25-27)26-12-4-6-23-16(9-12)13-8-11(20)2-3-14(13)21/h2-10H,1H3,(H,22,28)(H,23,24,26). The molecule has 4 rings (SSSR count). The number of nitrogens with zero attached hydrogens (tertiary/aromatic N) is 4. The zero-order valence-corrected chi connectivity index (χ0v) is 14.6. The third-order valence-corrected chi connectivity index (χ3v) is 4.11. The highest BCUT2D eigenvalue weighted by Crippen LogP contribution is 2.28. The molecule has 0 bridgehead atoms. The molecule has 0 spiro atoms. The van der Waals surface area contributed by atoms with E-state index in [1.807, 2.05) is 0 Å². The summed E-state index contributed by atoms with van der Waals surface area (Å²) in [5.74, 6) is -1.13. The van der Waals surface area contributed by atoms with Crippen LogP contribution < -0.4 is 10.6 Å². The lowest BCUT2D eigenvalue weighted by atomic mass is 10.1. The van der Waals surface area contributed by atoms with Crippen molar-refractivity contribution in [2.45, 2.75) is 0 Å². The maximum absolute atomic E-state index is 14.1. The molecule has 0 radical (unpaired) electrons. The number of halogens is 2. The molecule has 0 aliphatic carbocycles. The number of hydrogen-bond donors (Lipinski definition) is 2. The van der Waals surface area contributed by atoms with Crippen LogP contribution in [0.1, 0.15) is 0 Å². The number of fused-ring (bicyclic) bond motifs is 1. The topological polar surface area (TPSA) is 84.7 Å². The fourth-order valence-electron chi connectivity index (χ4n) is 2.82. The second-order valence-electron chi connectivity index (χ2n) is 5.88. The number of anilines is 2. The molecular weight excluding hydrogens is 366 g/mol. The highest BCUT2D eigenvalue weighted by atomic mass is 19.1. The van der Waals surface area contributed by atoms with E-state index >= 15 is 0 Å². The second kappa shape index (κ2) is 7.03. The Bertz CT molecular complexity index is 1190. The van der Waals surface area contributed by atoms with Crippen molar-refractivity contribution in [3.8, 4) is 11.3 Å². The van der Waals surface area contributed by atoms with Crippen molar-refractivity contribution in [1.82, 2.24) is 25.1 Å². The normalized spacial score (nSPS) is 10.8. The third kappa shape index (κ3) is 3.13. The number of aromatic nitrogens is 4. The molecule has 140 valence electrons. The predicted molar refractivity (Wildman–Crippen MR) is 100 cm³/mol. The molecule has 0 atom stereocenters. The molecule has 9 heteroatoms. The summed E-state index contributed by atoms with van der Waals surface area (Å²) in [6.45, 7) is 0. The van der Waals surface area contributed by atoms with Crippen LogP contribution >= 0.6 is 0 Å². The summed E-state index contributed by atoms with van der Waals surface area (Å²) in [6.07, 6.45) is 4.54. The van der Waals surface area contributed by atoms with Crippen molar-refractivity contribution in [2.24, 2.45) is 0 Å². The summed E-state index contributed by atoms with van der Waals surface area (Å²) in [7, 11) is 1.50. The van der Waals surface area contributed by atoms with Gasteiger partial charge < -0.3 is 10.6 Å². The van der Waals surface area contributed by atoms with Crippen LogP contribution in [0.3, 0.4) is 0 Å². The number of pyridine rings is 2. The maximum atomic E-state index is 14.1. The quantitative estimate of drug-likeness (QED) is 0.566. The van der Waals surface area contributed by atoms with Crippen molar-refractivity contribution in [2.75, 3.05) is 12.4 Å². The van der Waals surface area contributed by atoms with E-state index in [1.54, 1.807) is 24.4 Å². The van der Waals surface area contributed by atoms with E-state index in [0.29, 0.717) is 22.4 Å². The number of nitrogens with one attached hydrogen (secondary N) is 2. The summed E-state index contributed by atoms with van der Waals surface area (Å²) in [6, 6.07) is 7.73. The maximum Gasteiger partial charge on any atom is 0.342 e. The van der Waals surface area contributed by atoms with E-state index < -0.39 is 17.7 Å². The van der Waals surface area contributed by atoms with Crippen LogP contribution in [-0.2, 0) is 0 Å². The lowest BCUT2D eigenvalue weighted by Gasteiger charge is -2.11. The minimum atomic E-state index is -0.574. The third-order valence-electron chi connectivity index (χ3n) is 4.11. The Morgan fingerprint density at radius 3 is 2.71 bits per heavy atom. The van der Waals surface area contributed by atoms with Gasteiger partial charge in [0.25, 0.3) is 0 Å². The average Bonchev–Trinajstić information content (AvgIpc) is 3.15. The lowest BCUT2D eigenvalue weighted by Crippen LogP contribution is -2.25. The first-order chi connectivity index (χ1) is 13.6. The summed E-state index contributed by atoms with van der Waals surface area (Å²) in [4.78, 5) is 20.4. The van der Waals surface area contributed by atoms with Crippen molar-refractivity contribution >= 4 is 28.4 Å². The SMILES string of the molecule is CNC(=O)n1ncc2nccc(Nc3ccnc(-c4cc(F)ccc4F)c3)c21. The Balaban J connectivity index is 1.76. The van der Waals surface area contributed by atoms with Gasteiger partial charge in [0.15, 0.2) is 0 Å². The molecule has 0 unspecified atom stereocenters. The van der Waals surface area contributed by atoms with Gasteiger partial charge in [0.05, 0.1) is 17.6 Å². The molecule has 4 aromatic rings. The van der Waals surface area contributed by atoms with Gasteiger partial charge in [0.2, 0.25) is 0 Å². The first-order valence-electron chi connectivity index (χ1n) is 8.30. The molecule has 0 saturated heterocycles. The molecule has 1 amide bonds. The zero-order valence-electron chi connectivity index (χ0n) is 14.6. The van der Waals surface area contributed by atoms with Crippen molar-refractivity contribution in [1.29, 1.82) is 0 Å². The molecule has 28 heavy (non-hydrogen) atoms. The van der Waals surface area contributed by atoms with Crippen molar-refractivity contribution < 1.29 is 13.6 Å².